The van der Waals surface area contributed by atoms with E-state index >= 15 is 0 Å². The van der Waals surface area contributed by atoms with Crippen molar-refractivity contribution in [2.45, 2.75) is 31.4 Å². The summed E-state index contributed by atoms with van der Waals surface area (Å²) in [5, 5.41) is 3.54. The highest BCUT2D eigenvalue weighted by molar-refractivity contribution is 9.10. The molecular formula is C13H17BrN2O. The summed E-state index contributed by atoms with van der Waals surface area (Å²) < 4.78 is 6.87. The van der Waals surface area contributed by atoms with E-state index in [1.54, 1.807) is 0 Å². The van der Waals surface area contributed by atoms with Crippen LogP contribution in [-0.4, -0.2) is 18.8 Å². The number of ether oxygens (including phenoxy) is 1. The largest absolute Gasteiger partial charge is 0.397 e. The highest BCUT2D eigenvalue weighted by atomic mass is 79.9. The van der Waals surface area contributed by atoms with Crippen LogP contribution in [0.4, 0.5) is 11.4 Å². The van der Waals surface area contributed by atoms with Crippen molar-refractivity contribution in [1.29, 1.82) is 0 Å². The molecular weight excluding hydrogens is 280 g/mol. The van der Waals surface area contributed by atoms with Crippen molar-refractivity contribution >= 4 is 27.3 Å². The molecule has 3 nitrogen and oxygen atoms in total. The van der Waals surface area contributed by atoms with Crippen LogP contribution < -0.4 is 11.1 Å². The van der Waals surface area contributed by atoms with E-state index in [9.17, 15) is 0 Å². The first-order valence-corrected chi connectivity index (χ1v) is 6.96. The fourth-order valence-electron chi connectivity index (χ4n) is 2.51. The molecule has 0 radical (unpaired) electrons. The summed E-state index contributed by atoms with van der Waals surface area (Å²) in [7, 11) is 0. The zero-order valence-electron chi connectivity index (χ0n) is 9.66. The van der Waals surface area contributed by atoms with Crippen molar-refractivity contribution in [3.63, 3.8) is 0 Å². The molecule has 1 aromatic rings. The molecule has 2 unspecified atom stereocenters. The van der Waals surface area contributed by atoms with Gasteiger partial charge in [0.15, 0.2) is 0 Å². The van der Waals surface area contributed by atoms with Crippen molar-refractivity contribution in [2.24, 2.45) is 5.92 Å². The van der Waals surface area contributed by atoms with Crippen LogP contribution in [0, 0.1) is 5.92 Å². The minimum atomic E-state index is 0.383. The summed E-state index contributed by atoms with van der Waals surface area (Å²) >= 11 is 3.48. The molecule has 0 aromatic heterocycles. The van der Waals surface area contributed by atoms with E-state index in [-0.39, 0.29) is 0 Å². The Morgan fingerprint density at radius 3 is 2.88 bits per heavy atom. The van der Waals surface area contributed by atoms with Gasteiger partial charge in [-0.2, -0.15) is 0 Å². The van der Waals surface area contributed by atoms with Gasteiger partial charge in [0.05, 0.1) is 23.5 Å². The number of hydrogen-bond donors (Lipinski definition) is 2. The number of nitrogen functional groups attached to an aromatic ring is 1. The Balaban J connectivity index is 1.74. The van der Waals surface area contributed by atoms with Crippen molar-refractivity contribution in [3.8, 4) is 0 Å². The van der Waals surface area contributed by atoms with Gasteiger partial charge >= 0.3 is 0 Å². The maximum absolute atomic E-state index is 5.98. The van der Waals surface area contributed by atoms with Gasteiger partial charge in [-0.3, -0.25) is 0 Å². The van der Waals surface area contributed by atoms with Crippen LogP contribution in [0.15, 0.2) is 22.7 Å². The quantitative estimate of drug-likeness (QED) is 0.843. The standard InChI is InChI=1S/C13H17BrN2O/c14-9-3-4-10(15)12(7-9)16-11-5-6-17-13(11)8-1-2-8/h3-4,7-8,11,13,16H,1-2,5-6,15H2. The Morgan fingerprint density at radius 2 is 2.12 bits per heavy atom. The maximum atomic E-state index is 5.98. The molecule has 1 aliphatic carbocycles. The van der Waals surface area contributed by atoms with Crippen LogP contribution in [0.5, 0.6) is 0 Å². The van der Waals surface area contributed by atoms with E-state index in [0.717, 1.165) is 34.8 Å². The van der Waals surface area contributed by atoms with Gasteiger partial charge in [0, 0.05) is 11.1 Å². The first-order chi connectivity index (χ1) is 8.24. The maximum Gasteiger partial charge on any atom is 0.0804 e. The Hall–Kier alpha value is -0.740. The second kappa shape index (κ2) is 4.50. The molecule has 2 aliphatic rings. The molecule has 0 bridgehead atoms. The summed E-state index contributed by atoms with van der Waals surface area (Å²) in [6.07, 6.45) is 4.09. The molecule has 4 heteroatoms. The van der Waals surface area contributed by atoms with Crippen molar-refractivity contribution in [2.75, 3.05) is 17.7 Å². The van der Waals surface area contributed by atoms with Crippen LogP contribution in [0.3, 0.4) is 0 Å². The van der Waals surface area contributed by atoms with E-state index in [4.69, 9.17) is 10.5 Å². The lowest BCUT2D eigenvalue weighted by atomic mass is 10.1. The van der Waals surface area contributed by atoms with Gasteiger partial charge in [-0.1, -0.05) is 15.9 Å². The van der Waals surface area contributed by atoms with Gasteiger partial charge < -0.3 is 15.8 Å². The average Bonchev–Trinajstić information content (AvgIpc) is 3.05. The third-order valence-corrected chi connectivity index (χ3v) is 4.07. The van der Waals surface area contributed by atoms with Crippen molar-refractivity contribution in [3.05, 3.63) is 22.7 Å². The molecule has 3 rings (SSSR count). The normalized spacial score (nSPS) is 28.3. The number of anilines is 2. The third-order valence-electron chi connectivity index (χ3n) is 3.58. The fourth-order valence-corrected chi connectivity index (χ4v) is 2.87. The molecule has 2 atom stereocenters. The van der Waals surface area contributed by atoms with Crippen LogP contribution in [0.25, 0.3) is 0 Å². The first kappa shape index (κ1) is 11.4. The summed E-state index contributed by atoms with van der Waals surface area (Å²) in [6, 6.07) is 6.34. The van der Waals surface area contributed by atoms with E-state index in [2.05, 4.69) is 21.2 Å². The number of benzene rings is 1. The molecule has 1 saturated heterocycles. The number of nitrogens with two attached hydrogens (primary N) is 1. The lowest BCUT2D eigenvalue weighted by molar-refractivity contribution is 0.0898. The van der Waals surface area contributed by atoms with Gasteiger partial charge in [0.25, 0.3) is 0 Å². The van der Waals surface area contributed by atoms with Crippen LogP contribution in [0.1, 0.15) is 19.3 Å². The molecule has 92 valence electrons. The molecule has 17 heavy (non-hydrogen) atoms. The first-order valence-electron chi connectivity index (χ1n) is 6.17. The highest BCUT2D eigenvalue weighted by Gasteiger charge is 2.40. The molecule has 1 aromatic carbocycles. The Labute approximate surface area is 110 Å². The van der Waals surface area contributed by atoms with E-state index in [1.165, 1.54) is 12.8 Å². The SMILES string of the molecule is Nc1ccc(Br)cc1NC1CCOC1C1CC1. The molecule has 0 spiro atoms. The summed E-state index contributed by atoms with van der Waals surface area (Å²) in [5.74, 6) is 0.767. The smallest absolute Gasteiger partial charge is 0.0804 e. The monoisotopic (exact) mass is 296 g/mol. The zero-order chi connectivity index (χ0) is 11.8. The Morgan fingerprint density at radius 1 is 1.29 bits per heavy atom. The van der Waals surface area contributed by atoms with Gasteiger partial charge in [0.1, 0.15) is 0 Å². The van der Waals surface area contributed by atoms with Crippen molar-refractivity contribution < 1.29 is 4.74 Å². The predicted molar refractivity (Wildman–Crippen MR) is 73.0 cm³/mol. The number of nitrogens with one attached hydrogen (secondary N) is 1. The lowest BCUT2D eigenvalue weighted by Gasteiger charge is -2.21. The van der Waals surface area contributed by atoms with E-state index in [0.29, 0.717) is 12.1 Å². The van der Waals surface area contributed by atoms with Crippen LogP contribution in [0.2, 0.25) is 0 Å². The minimum absolute atomic E-state index is 0.383. The summed E-state index contributed by atoms with van der Waals surface area (Å²) in [4.78, 5) is 0. The topological polar surface area (TPSA) is 47.3 Å². The number of halogens is 1. The van der Waals surface area contributed by atoms with E-state index < -0.39 is 0 Å². The van der Waals surface area contributed by atoms with Crippen molar-refractivity contribution in [1.82, 2.24) is 0 Å². The summed E-state index contributed by atoms with van der Waals surface area (Å²) in [6.45, 7) is 0.868. The fraction of sp³-hybridized carbons (Fsp3) is 0.538. The highest BCUT2D eigenvalue weighted by Crippen LogP contribution is 2.40. The molecule has 1 aliphatic heterocycles. The van der Waals surface area contributed by atoms with Gasteiger partial charge in [-0.05, 0) is 43.4 Å². The minimum Gasteiger partial charge on any atom is -0.397 e. The average molecular weight is 297 g/mol. The molecule has 1 saturated carbocycles. The van der Waals surface area contributed by atoms with Crippen LogP contribution in [-0.2, 0) is 4.74 Å². The third kappa shape index (κ3) is 2.43. The Bertz CT molecular complexity index is 420. The molecule has 3 N–H and O–H groups in total. The summed E-state index contributed by atoms with van der Waals surface area (Å²) in [5.41, 5.74) is 7.80. The van der Waals surface area contributed by atoms with Gasteiger partial charge in [0.2, 0.25) is 0 Å². The number of rotatable bonds is 3. The second-order valence-corrected chi connectivity index (χ2v) is 5.86. The van der Waals surface area contributed by atoms with Crippen LogP contribution >= 0.6 is 15.9 Å². The number of hydrogen-bond acceptors (Lipinski definition) is 3. The molecule has 0 amide bonds. The predicted octanol–water partition coefficient (Wildman–Crippen LogP) is 3.01. The second-order valence-electron chi connectivity index (χ2n) is 4.94. The van der Waals surface area contributed by atoms with Gasteiger partial charge in [-0.15, -0.1) is 0 Å². The Kier molecular flexibility index (Phi) is 3.01. The molecule has 2 fully saturated rings. The zero-order valence-corrected chi connectivity index (χ0v) is 11.2. The van der Waals surface area contributed by atoms with E-state index in [1.807, 2.05) is 18.2 Å². The lowest BCUT2D eigenvalue weighted by Crippen LogP contribution is -2.31. The molecule has 1 heterocycles. The van der Waals surface area contributed by atoms with Gasteiger partial charge in [-0.25, -0.2) is 0 Å².